The predicted molar refractivity (Wildman–Crippen MR) is 403 cm³/mol. The number of nitrogens with zero attached hydrogens (tertiary/aromatic N) is 4. The molecule has 26 heteroatoms. The number of nitrogens with two attached hydrogens (primary N) is 1. The number of fused-ring (bicyclic) bond motifs is 3. The molecule has 11 aromatic rings. The van der Waals surface area contributed by atoms with Gasteiger partial charge in [-0.05, 0) is 215 Å². The van der Waals surface area contributed by atoms with Crippen molar-refractivity contribution in [1.29, 1.82) is 5.26 Å². The van der Waals surface area contributed by atoms with Gasteiger partial charge in [-0.2, -0.15) is 10.2 Å². The number of amidine groups is 1. The molecule has 7 aromatic carbocycles. The van der Waals surface area contributed by atoms with Crippen LogP contribution in [0.4, 0.5) is 0 Å². The first-order valence-electron chi connectivity index (χ1n) is 32.1. The van der Waals surface area contributed by atoms with E-state index in [0.29, 0.717) is 57.3 Å². The number of ether oxygens (including phenoxy) is 4. The van der Waals surface area contributed by atoms with Crippen LogP contribution in [0.5, 0.6) is 11.5 Å². The van der Waals surface area contributed by atoms with E-state index in [-0.39, 0.29) is 64.3 Å². The molecular formula is C80H89BrLiN5O19. The number of phenolic OH excluding ortho intramolecular Hbond substituents is 2. The molecule has 0 spiro atoms. The van der Waals surface area contributed by atoms with Crippen LogP contribution in [-0.2, 0) is 23.7 Å². The Kier molecular flexibility index (Phi) is 35.9. The molecule has 0 aliphatic heterocycles. The summed E-state index contributed by atoms with van der Waals surface area (Å²) in [5.74, 6) is -0.472. The topological polar surface area (TPSA) is 391 Å². The molecule has 24 nitrogen and oxygen atoms in total. The fourth-order valence-corrected chi connectivity index (χ4v) is 9.25. The number of rotatable bonds is 9. The first-order valence-corrected chi connectivity index (χ1v) is 33.2. The maximum atomic E-state index is 11.9. The van der Waals surface area contributed by atoms with Crippen molar-refractivity contribution in [1.82, 2.24) is 10.1 Å². The van der Waals surface area contributed by atoms with E-state index in [1.54, 1.807) is 92.7 Å². The summed E-state index contributed by atoms with van der Waals surface area (Å²) in [6, 6.07) is 41.2. The number of methoxy groups -OCH3 is 2. The summed E-state index contributed by atoms with van der Waals surface area (Å²) < 4.78 is 41.5. The van der Waals surface area contributed by atoms with Gasteiger partial charge in [-0.15, -0.1) is 0 Å². The number of phenols is 2. The summed E-state index contributed by atoms with van der Waals surface area (Å²) in [5, 5.41) is 52.9. The number of aromatic nitrogens is 2. The number of aromatic hydroxyl groups is 2. The van der Waals surface area contributed by atoms with Gasteiger partial charge in [-0.1, -0.05) is 111 Å². The summed E-state index contributed by atoms with van der Waals surface area (Å²) in [7, 11) is 2.65. The van der Waals surface area contributed by atoms with Crippen LogP contribution in [0.3, 0.4) is 0 Å². The zero-order chi connectivity index (χ0) is 78.1. The third-order valence-corrected chi connectivity index (χ3v) is 15.1. The number of hydrogen-bond donors (Lipinski definition) is 5. The molecule has 4 heterocycles. The normalized spacial score (nSPS) is 10.4. The molecule has 4 aromatic heterocycles. The Morgan fingerprint density at radius 3 is 1.37 bits per heavy atom. The minimum atomic E-state index is -1.03. The van der Waals surface area contributed by atoms with E-state index in [0.717, 1.165) is 88.5 Å². The third kappa shape index (κ3) is 26.8. The number of furan rings is 3. The van der Waals surface area contributed by atoms with Crippen molar-refractivity contribution in [2.45, 2.75) is 129 Å². The Balaban J connectivity index is 0.000000429. The number of halogens is 1. The number of oxime groups is 1. The van der Waals surface area contributed by atoms with Crippen LogP contribution in [0.2, 0.25) is 0 Å². The zero-order valence-electron chi connectivity index (χ0n) is 63.2. The van der Waals surface area contributed by atoms with Gasteiger partial charge in [0.15, 0.2) is 17.9 Å². The van der Waals surface area contributed by atoms with Gasteiger partial charge in [0.05, 0.1) is 37.0 Å². The van der Waals surface area contributed by atoms with Crippen LogP contribution in [0.1, 0.15) is 162 Å². The van der Waals surface area contributed by atoms with Crippen molar-refractivity contribution in [2.24, 2.45) is 10.9 Å². The van der Waals surface area contributed by atoms with Crippen molar-refractivity contribution >= 4 is 90.8 Å². The van der Waals surface area contributed by atoms with Crippen molar-refractivity contribution in [3.05, 3.63) is 223 Å². The van der Waals surface area contributed by atoms with Gasteiger partial charge in [0.1, 0.15) is 44.8 Å². The van der Waals surface area contributed by atoms with Crippen LogP contribution >= 0.6 is 15.9 Å². The van der Waals surface area contributed by atoms with Gasteiger partial charge in [0.2, 0.25) is 17.3 Å². The molecule has 0 radical (unpaired) electrons. The van der Waals surface area contributed by atoms with E-state index >= 15 is 0 Å². The van der Waals surface area contributed by atoms with Crippen LogP contribution in [0.25, 0.3) is 55.9 Å². The van der Waals surface area contributed by atoms with Crippen LogP contribution in [-0.4, -0.2) is 109 Å². The summed E-state index contributed by atoms with van der Waals surface area (Å²) in [5.41, 5.74) is 19.1. The van der Waals surface area contributed by atoms with E-state index in [4.69, 9.17) is 58.4 Å². The summed E-state index contributed by atoms with van der Waals surface area (Å²) >= 11 is 2.99. The van der Waals surface area contributed by atoms with E-state index < -0.39 is 29.5 Å². The second kappa shape index (κ2) is 41.9. The molecule has 7 N–H and O–H groups in total. The van der Waals surface area contributed by atoms with E-state index in [1.165, 1.54) is 21.1 Å². The smallest absolute Gasteiger partial charge is 0.870 e. The molecule has 11 rings (SSSR count). The van der Waals surface area contributed by atoms with Gasteiger partial charge in [0, 0.05) is 34.2 Å². The van der Waals surface area contributed by atoms with Gasteiger partial charge >= 0.3 is 48.7 Å². The van der Waals surface area contributed by atoms with Gasteiger partial charge in [0.25, 0.3) is 5.89 Å². The summed E-state index contributed by atoms with van der Waals surface area (Å²) in [6.07, 6.45) is 0.678. The average Bonchev–Trinajstić information content (AvgIpc) is 1.68. The number of carboxylic acids is 1. The Bertz CT molecular complexity index is 4760. The molecule has 0 atom stereocenters. The monoisotopic (exact) mass is 1510 g/mol. The van der Waals surface area contributed by atoms with Crippen LogP contribution < -0.4 is 24.6 Å². The Morgan fingerprint density at radius 2 is 0.981 bits per heavy atom. The minimum absolute atomic E-state index is 0. The SMILES string of the molecule is CC#N.CC(C)(C)OC(=O)CBr.COC(=O)c1ccc(-c2noc(-c3cc4c(C)ccc(C)c4o3)n2)cc1.COC(=O)c1ccc(/C(N)=N\O)cc1.Cc1ccc(C)c(C=O)c1O.Cc1ccc(C)c(O)c1.Cc1ccc(C)c2oc(C(=O)O)cc12.Cc1ccc(C)c2oc(C(=O)OC(C)(C)C)cc12.[Li+].[OH-]. The molecular weight excluding hydrogens is 1420 g/mol. The van der Waals surface area contributed by atoms with Crippen molar-refractivity contribution < 1.29 is 110 Å². The van der Waals surface area contributed by atoms with E-state index in [1.807, 2.05) is 152 Å². The molecule has 0 fully saturated rings. The van der Waals surface area contributed by atoms with Crippen molar-refractivity contribution in [3.63, 3.8) is 0 Å². The number of aryl methyl sites for hydroxylation is 10. The first-order chi connectivity index (χ1) is 48.8. The number of esters is 4. The number of carbonyl (C=O) groups is 6. The quantitative estimate of drug-likeness (QED) is 0.0103. The van der Waals surface area contributed by atoms with Crippen LogP contribution in [0, 0.1) is 80.6 Å². The first kappa shape index (κ1) is 90.8. The number of aldehydes is 1. The zero-order valence-corrected chi connectivity index (χ0v) is 64.8. The van der Waals surface area contributed by atoms with Crippen molar-refractivity contribution in [3.8, 4) is 40.6 Å². The standard InChI is InChI=1S/C20H16N2O4.C15H18O3.C11H10O3.C9H10N2O3.C9H10O2.C8H10O.C6H11BrO2.C2H3N.Li.H2O/c1-11-4-5-12(2)17-15(11)10-16(25-17)19-21-18(22-26-19)13-6-8-14(9-7-13)20(23)24-3;1-9-6-7-10(2)13-11(9)8-12(17-13)14(16)18-15(3,4)5;1-6-3-4-7(2)10-8(6)5-9(14-10)11(12)13;1-14-9(12)7-4-2-6(3-5-7)8(10)11-13;1-6-3-4-7(2)9(11)8(6)5-10;1-6-3-4-7(2)8(9)5-6;1-6(2,3)9-5(8)4-7;1-2-3;;/h4-10H,1-3H3;6-8H,1-5H3;3-5H,1-2H3,(H,12,13);2-5,13H,1H3,(H2,10,11);3-5,11H,1-2H3;3-5,9H,1-2H3;4H2,1-3H3;1H3;;1H2/q;;;;;;;;+1;/p-1. The number of nitriles is 1. The third-order valence-electron chi connectivity index (χ3n) is 14.7. The van der Waals surface area contributed by atoms with Gasteiger partial charge < -0.3 is 68.5 Å². The average molecular weight is 1510 g/mol. The van der Waals surface area contributed by atoms with Crippen molar-refractivity contribution in [2.75, 3.05) is 19.5 Å². The maximum absolute atomic E-state index is 11.9. The molecule has 0 aliphatic carbocycles. The Labute approximate surface area is 635 Å². The fraction of sp³-hybridized carbons (Fsp3) is 0.275. The van der Waals surface area contributed by atoms with Crippen LogP contribution in [0.15, 0.2) is 156 Å². The van der Waals surface area contributed by atoms with E-state index in [9.17, 15) is 33.9 Å². The molecule has 0 unspecified atom stereocenters. The summed E-state index contributed by atoms with van der Waals surface area (Å²) in [6.45, 7) is 31.7. The second-order valence-electron chi connectivity index (χ2n) is 25.3. The minimum Gasteiger partial charge on any atom is -0.870 e. The number of hydrogen-bond acceptors (Lipinski definition) is 22. The summed E-state index contributed by atoms with van der Waals surface area (Å²) in [4.78, 5) is 70.6. The molecule has 556 valence electrons. The Hall–Kier alpha value is -11.3. The number of benzene rings is 7. The Morgan fingerprint density at radius 1 is 0.575 bits per heavy atom. The molecule has 0 saturated carbocycles. The molecule has 0 amide bonds. The predicted octanol–water partition coefficient (Wildman–Crippen LogP) is 14.8. The molecule has 0 saturated heterocycles. The maximum Gasteiger partial charge on any atom is 1.00 e. The molecule has 0 aliphatic rings. The molecule has 0 bridgehead atoms. The number of carboxylic acid groups (broad SMARTS) is 1. The number of carbonyl (C=O) groups excluding carboxylic acids is 5. The largest absolute Gasteiger partial charge is 1.00 e. The number of alkyl halides is 1. The number of aromatic carboxylic acids is 1. The fourth-order valence-electron chi connectivity index (χ4n) is 9.14. The molecule has 106 heavy (non-hydrogen) atoms. The van der Waals surface area contributed by atoms with Gasteiger partial charge in [-0.25, -0.2) is 19.2 Å². The van der Waals surface area contributed by atoms with Gasteiger partial charge in [-0.3, -0.25) is 9.59 Å². The second-order valence-corrected chi connectivity index (χ2v) is 25.9. The van der Waals surface area contributed by atoms with E-state index in [2.05, 4.69) is 42.0 Å².